The fourth-order valence-electron chi connectivity index (χ4n) is 4.27. The number of fused-ring (bicyclic) bond motifs is 1. The number of piperazine rings is 1. The van der Waals surface area contributed by atoms with Crippen LogP contribution in [0.1, 0.15) is 15.2 Å². The summed E-state index contributed by atoms with van der Waals surface area (Å²) < 4.78 is 0. The third kappa shape index (κ3) is 4.61. The Labute approximate surface area is 196 Å². The van der Waals surface area contributed by atoms with Gasteiger partial charge in [0.1, 0.15) is 11.9 Å². The predicted octanol–water partition coefficient (Wildman–Crippen LogP) is 3.31. The molecular weight excluding hydrogens is 434 g/mol. The number of aromatic amines is 1. The van der Waals surface area contributed by atoms with Crippen LogP contribution in [0.15, 0.2) is 72.4 Å². The van der Waals surface area contributed by atoms with Gasteiger partial charge in [0, 0.05) is 55.9 Å². The molecule has 1 atom stereocenters. The van der Waals surface area contributed by atoms with Crippen LogP contribution in [-0.2, 0) is 11.2 Å². The molecule has 0 bridgehead atoms. The van der Waals surface area contributed by atoms with Crippen LogP contribution >= 0.6 is 11.3 Å². The van der Waals surface area contributed by atoms with Crippen LogP contribution in [0, 0.1) is 0 Å². The largest absolute Gasteiger partial charge is 0.361 e. The number of carbonyl (C=O) groups is 2. The van der Waals surface area contributed by atoms with E-state index in [0.29, 0.717) is 37.5 Å². The van der Waals surface area contributed by atoms with Crippen LogP contribution < -0.4 is 10.2 Å². The molecule has 1 fully saturated rings. The number of nitrogens with zero attached hydrogens (tertiary/aromatic N) is 3. The van der Waals surface area contributed by atoms with Crippen molar-refractivity contribution in [1.29, 1.82) is 0 Å². The number of hydrogen-bond acceptors (Lipinski definition) is 5. The van der Waals surface area contributed by atoms with E-state index in [-0.39, 0.29) is 11.8 Å². The van der Waals surface area contributed by atoms with Crippen molar-refractivity contribution in [2.24, 2.45) is 0 Å². The van der Waals surface area contributed by atoms with E-state index in [4.69, 9.17) is 0 Å². The highest BCUT2D eigenvalue weighted by Gasteiger charge is 2.30. The molecule has 33 heavy (non-hydrogen) atoms. The van der Waals surface area contributed by atoms with Crippen molar-refractivity contribution >= 4 is 39.9 Å². The molecule has 3 aromatic heterocycles. The van der Waals surface area contributed by atoms with Gasteiger partial charge in [-0.3, -0.25) is 9.59 Å². The standard InChI is InChI=1S/C25H25N5O2S/c31-24(22-8-5-15-33-22)28-21(16-18-17-27-20-7-2-1-6-19(18)20)25(32)30-13-11-29(12-14-30)23-9-3-4-10-26-23/h1-10,15,17,21,27H,11-14,16H2,(H,28,31)/t21-/m1/s1. The van der Waals surface area contributed by atoms with Crippen LogP contribution in [0.4, 0.5) is 5.82 Å². The Bertz CT molecular complexity index is 1230. The SMILES string of the molecule is O=C(N[C@H](Cc1c[nH]c2ccccc12)C(=O)N1CCN(c2ccccn2)CC1)c1cccs1. The number of H-pyrrole nitrogens is 1. The highest BCUT2D eigenvalue weighted by atomic mass is 32.1. The van der Waals surface area contributed by atoms with Gasteiger partial charge in [0.05, 0.1) is 4.88 Å². The summed E-state index contributed by atoms with van der Waals surface area (Å²) >= 11 is 1.37. The molecule has 2 amide bonds. The Morgan fingerprint density at radius 2 is 1.85 bits per heavy atom. The average molecular weight is 460 g/mol. The van der Waals surface area contributed by atoms with Gasteiger partial charge in [0.2, 0.25) is 5.91 Å². The molecule has 1 saturated heterocycles. The highest BCUT2D eigenvalue weighted by molar-refractivity contribution is 7.12. The number of pyridine rings is 1. The summed E-state index contributed by atoms with van der Waals surface area (Å²) in [7, 11) is 0. The lowest BCUT2D eigenvalue weighted by molar-refractivity contribution is -0.133. The number of rotatable bonds is 6. The van der Waals surface area contributed by atoms with E-state index in [0.717, 1.165) is 22.3 Å². The topological polar surface area (TPSA) is 81.3 Å². The second-order valence-electron chi connectivity index (χ2n) is 8.07. The molecule has 0 aliphatic carbocycles. The number of nitrogens with one attached hydrogen (secondary N) is 2. The fourth-order valence-corrected chi connectivity index (χ4v) is 4.90. The van der Waals surface area contributed by atoms with Crippen LogP contribution in [0.2, 0.25) is 0 Å². The molecule has 168 valence electrons. The molecule has 5 rings (SSSR count). The molecule has 0 unspecified atom stereocenters. The molecule has 2 N–H and O–H groups in total. The molecule has 1 aliphatic rings. The van der Waals surface area contributed by atoms with Crippen molar-refractivity contribution in [2.75, 3.05) is 31.1 Å². The van der Waals surface area contributed by atoms with Crippen LogP contribution in [0.5, 0.6) is 0 Å². The minimum absolute atomic E-state index is 0.0501. The van der Waals surface area contributed by atoms with Gasteiger partial charge >= 0.3 is 0 Å². The van der Waals surface area contributed by atoms with E-state index in [1.165, 1.54) is 11.3 Å². The van der Waals surface area contributed by atoms with Crippen molar-refractivity contribution in [2.45, 2.75) is 12.5 Å². The Morgan fingerprint density at radius 3 is 2.61 bits per heavy atom. The lowest BCUT2D eigenvalue weighted by Gasteiger charge is -2.37. The van der Waals surface area contributed by atoms with Gasteiger partial charge in [-0.2, -0.15) is 0 Å². The first kappa shape index (κ1) is 21.2. The van der Waals surface area contributed by atoms with Crippen molar-refractivity contribution in [1.82, 2.24) is 20.2 Å². The smallest absolute Gasteiger partial charge is 0.262 e. The zero-order valence-electron chi connectivity index (χ0n) is 18.1. The van der Waals surface area contributed by atoms with E-state index < -0.39 is 6.04 Å². The summed E-state index contributed by atoms with van der Waals surface area (Å²) in [5.41, 5.74) is 2.04. The number of para-hydroxylation sites is 1. The number of hydrogen-bond donors (Lipinski definition) is 2. The summed E-state index contributed by atoms with van der Waals surface area (Å²) in [6.07, 6.45) is 4.14. The first-order chi connectivity index (χ1) is 16.2. The Kier molecular flexibility index (Phi) is 6.08. The Balaban J connectivity index is 1.33. The summed E-state index contributed by atoms with van der Waals surface area (Å²) in [4.78, 5) is 38.7. The predicted molar refractivity (Wildman–Crippen MR) is 131 cm³/mol. The number of amides is 2. The van der Waals surface area contributed by atoms with Gasteiger partial charge < -0.3 is 20.1 Å². The molecule has 1 aliphatic heterocycles. The normalized spacial score (nSPS) is 14.9. The van der Waals surface area contributed by atoms with E-state index in [1.807, 2.05) is 65.0 Å². The molecule has 4 aromatic rings. The van der Waals surface area contributed by atoms with Crippen LogP contribution in [0.25, 0.3) is 10.9 Å². The van der Waals surface area contributed by atoms with Gasteiger partial charge in [0.15, 0.2) is 0 Å². The van der Waals surface area contributed by atoms with E-state index in [1.54, 1.807) is 12.3 Å². The monoisotopic (exact) mass is 459 g/mol. The molecule has 1 aromatic carbocycles. The van der Waals surface area contributed by atoms with E-state index in [9.17, 15) is 9.59 Å². The molecule has 4 heterocycles. The molecular formula is C25H25N5O2S. The van der Waals surface area contributed by atoms with Crippen LogP contribution in [-0.4, -0.2) is 58.9 Å². The lowest BCUT2D eigenvalue weighted by atomic mass is 10.0. The van der Waals surface area contributed by atoms with Crippen LogP contribution in [0.3, 0.4) is 0 Å². The minimum atomic E-state index is -0.639. The first-order valence-electron chi connectivity index (χ1n) is 11.0. The van der Waals surface area contributed by atoms with E-state index >= 15 is 0 Å². The number of anilines is 1. The second kappa shape index (κ2) is 9.46. The number of benzene rings is 1. The summed E-state index contributed by atoms with van der Waals surface area (Å²) in [6.45, 7) is 2.60. The maximum atomic E-state index is 13.6. The molecule has 0 radical (unpaired) electrons. The average Bonchev–Trinajstić information content (AvgIpc) is 3.55. The van der Waals surface area contributed by atoms with Gasteiger partial charge in [-0.1, -0.05) is 30.3 Å². The minimum Gasteiger partial charge on any atom is -0.361 e. The number of thiophene rings is 1. The summed E-state index contributed by atoms with van der Waals surface area (Å²) in [6, 6.07) is 16.8. The zero-order valence-corrected chi connectivity index (χ0v) is 18.9. The van der Waals surface area contributed by atoms with Gasteiger partial charge in [-0.05, 0) is 35.2 Å². The van der Waals surface area contributed by atoms with Gasteiger partial charge in [0.25, 0.3) is 5.91 Å². The third-order valence-electron chi connectivity index (χ3n) is 6.01. The lowest BCUT2D eigenvalue weighted by Crippen LogP contribution is -2.55. The third-order valence-corrected chi connectivity index (χ3v) is 6.88. The van der Waals surface area contributed by atoms with Gasteiger partial charge in [-0.25, -0.2) is 4.98 Å². The van der Waals surface area contributed by atoms with Gasteiger partial charge in [-0.15, -0.1) is 11.3 Å². The Hall–Kier alpha value is -3.65. The number of carbonyl (C=O) groups excluding carboxylic acids is 2. The summed E-state index contributed by atoms with van der Waals surface area (Å²) in [5.74, 6) is 0.659. The molecule has 0 saturated carbocycles. The van der Waals surface area contributed by atoms with Crippen molar-refractivity contribution < 1.29 is 9.59 Å². The summed E-state index contributed by atoms with van der Waals surface area (Å²) in [5, 5.41) is 5.94. The molecule has 0 spiro atoms. The van der Waals surface area contributed by atoms with E-state index in [2.05, 4.69) is 20.2 Å². The second-order valence-corrected chi connectivity index (χ2v) is 9.01. The maximum Gasteiger partial charge on any atom is 0.262 e. The fraction of sp³-hybridized carbons (Fsp3) is 0.240. The van der Waals surface area contributed by atoms with Crippen molar-refractivity contribution in [3.63, 3.8) is 0 Å². The first-order valence-corrected chi connectivity index (χ1v) is 11.9. The quantitative estimate of drug-likeness (QED) is 0.464. The maximum absolute atomic E-state index is 13.6. The Morgan fingerprint density at radius 1 is 1.03 bits per heavy atom. The van der Waals surface area contributed by atoms with Crippen molar-refractivity contribution in [3.05, 3.63) is 82.8 Å². The van der Waals surface area contributed by atoms with Crippen molar-refractivity contribution in [3.8, 4) is 0 Å². The molecule has 7 nitrogen and oxygen atoms in total. The molecule has 8 heteroatoms. The number of aromatic nitrogens is 2. The zero-order chi connectivity index (χ0) is 22.6. The highest BCUT2D eigenvalue weighted by Crippen LogP contribution is 2.21.